The van der Waals surface area contributed by atoms with Crippen molar-refractivity contribution in [3.63, 3.8) is 0 Å². The van der Waals surface area contributed by atoms with Crippen LogP contribution in [0.2, 0.25) is 0 Å². The summed E-state index contributed by atoms with van der Waals surface area (Å²) in [5.74, 6) is -1.18. The third-order valence-electron chi connectivity index (χ3n) is 5.91. The number of nitrogens with two attached hydrogens (primary N) is 1. The number of carbonyl (C=O) groups excluding carboxylic acids is 2. The van der Waals surface area contributed by atoms with Crippen molar-refractivity contribution in [2.24, 2.45) is 5.73 Å². The standard InChI is InChI=1S/C27H26N2O7S/c1-5-36-27(32)22-20(16-8-12-18(34-3)13-9-16)21(26(31)35-4)23(28)29-24(30)19(37-25(22)29)14-15-6-10-17(33-2)11-7-15/h6-14,20H,5,28H2,1-4H3/b19-14-/t20-/m0/s1. The number of ether oxygens (including phenoxy) is 4. The molecule has 0 radical (unpaired) electrons. The van der Waals surface area contributed by atoms with Gasteiger partial charge in [-0.05, 0) is 48.4 Å². The Bertz CT molecular complexity index is 1550. The zero-order valence-electron chi connectivity index (χ0n) is 20.8. The fraction of sp³-hybridized carbons (Fsp3) is 0.222. The highest BCUT2D eigenvalue weighted by atomic mass is 32.1. The van der Waals surface area contributed by atoms with Gasteiger partial charge in [-0.3, -0.25) is 9.36 Å². The van der Waals surface area contributed by atoms with Gasteiger partial charge in [-0.1, -0.05) is 24.3 Å². The summed E-state index contributed by atoms with van der Waals surface area (Å²) in [4.78, 5) is 39.9. The van der Waals surface area contributed by atoms with E-state index in [9.17, 15) is 14.4 Å². The topological polar surface area (TPSA) is 119 Å². The van der Waals surface area contributed by atoms with Crippen molar-refractivity contribution in [2.45, 2.75) is 12.8 Å². The van der Waals surface area contributed by atoms with Crippen LogP contribution in [0, 0.1) is 0 Å². The summed E-state index contributed by atoms with van der Waals surface area (Å²) in [6.45, 7) is 1.78. The third-order valence-corrected chi connectivity index (χ3v) is 7.02. The number of nitrogens with zero attached hydrogens (tertiary/aromatic N) is 1. The smallest absolute Gasteiger partial charge is 0.338 e. The average Bonchev–Trinajstić information content (AvgIpc) is 3.24. The van der Waals surface area contributed by atoms with E-state index in [1.807, 2.05) is 0 Å². The second-order valence-corrected chi connectivity index (χ2v) is 8.99. The van der Waals surface area contributed by atoms with Gasteiger partial charge >= 0.3 is 11.9 Å². The summed E-state index contributed by atoms with van der Waals surface area (Å²) < 4.78 is 22.6. The van der Waals surface area contributed by atoms with E-state index in [0.717, 1.165) is 16.9 Å². The van der Waals surface area contributed by atoms with E-state index in [1.54, 1.807) is 68.6 Å². The van der Waals surface area contributed by atoms with Gasteiger partial charge < -0.3 is 24.7 Å². The van der Waals surface area contributed by atoms with Gasteiger partial charge in [0.05, 0.1) is 49.5 Å². The van der Waals surface area contributed by atoms with Crippen LogP contribution in [0.5, 0.6) is 11.5 Å². The lowest BCUT2D eigenvalue weighted by Gasteiger charge is -2.26. The molecule has 0 saturated heterocycles. The summed E-state index contributed by atoms with van der Waals surface area (Å²) in [6, 6.07) is 14.0. The van der Waals surface area contributed by atoms with Gasteiger partial charge in [0.15, 0.2) is 0 Å². The first-order valence-corrected chi connectivity index (χ1v) is 12.2. The number of methoxy groups -OCH3 is 3. The van der Waals surface area contributed by atoms with Crippen LogP contribution in [0.15, 0.2) is 58.9 Å². The van der Waals surface area contributed by atoms with Gasteiger partial charge in [-0.25, -0.2) is 9.59 Å². The fourth-order valence-corrected chi connectivity index (χ4v) is 5.31. The molecule has 2 aromatic carbocycles. The quantitative estimate of drug-likeness (QED) is 0.465. The molecule has 0 aliphatic carbocycles. The van der Waals surface area contributed by atoms with Crippen LogP contribution in [-0.2, 0) is 19.1 Å². The molecular weight excluding hydrogens is 496 g/mol. The Labute approximate surface area is 216 Å². The number of aromatic nitrogens is 1. The molecule has 2 N–H and O–H groups in total. The third kappa shape index (κ3) is 4.75. The number of thiazole rings is 1. The van der Waals surface area contributed by atoms with Crippen molar-refractivity contribution in [3.8, 4) is 11.5 Å². The van der Waals surface area contributed by atoms with Crippen molar-refractivity contribution < 1.29 is 28.5 Å². The van der Waals surface area contributed by atoms with E-state index < -0.39 is 23.4 Å². The van der Waals surface area contributed by atoms with Crippen molar-refractivity contribution in [1.82, 2.24) is 4.57 Å². The number of hydrogen-bond donors (Lipinski definition) is 1. The molecule has 192 valence electrons. The van der Waals surface area contributed by atoms with Crippen LogP contribution in [-0.4, -0.2) is 44.4 Å². The molecule has 2 heterocycles. The van der Waals surface area contributed by atoms with Crippen LogP contribution >= 0.6 is 11.3 Å². The lowest BCUT2D eigenvalue weighted by atomic mass is 9.83. The van der Waals surface area contributed by atoms with E-state index in [-0.39, 0.29) is 28.2 Å². The number of benzene rings is 2. The molecule has 4 rings (SSSR count). The highest BCUT2D eigenvalue weighted by Crippen LogP contribution is 2.38. The lowest BCUT2D eigenvalue weighted by molar-refractivity contribution is -0.136. The van der Waals surface area contributed by atoms with E-state index >= 15 is 0 Å². The fourth-order valence-electron chi connectivity index (χ4n) is 4.15. The summed E-state index contributed by atoms with van der Waals surface area (Å²) in [5.41, 5.74) is 7.42. The lowest BCUT2D eigenvalue weighted by Crippen LogP contribution is -2.41. The van der Waals surface area contributed by atoms with E-state index in [4.69, 9.17) is 24.7 Å². The van der Waals surface area contributed by atoms with Crippen molar-refractivity contribution in [1.29, 1.82) is 0 Å². The first kappa shape index (κ1) is 25.8. The highest BCUT2D eigenvalue weighted by molar-refractivity contribution is 7.07. The molecule has 0 spiro atoms. The maximum absolute atomic E-state index is 13.5. The second kappa shape index (κ2) is 10.8. The summed E-state index contributed by atoms with van der Waals surface area (Å²) in [5, 5.41) is 0. The predicted molar refractivity (Wildman–Crippen MR) is 140 cm³/mol. The van der Waals surface area contributed by atoms with Gasteiger partial charge in [0, 0.05) is 0 Å². The zero-order chi connectivity index (χ0) is 26.7. The Morgan fingerprint density at radius 1 is 0.946 bits per heavy atom. The maximum Gasteiger partial charge on any atom is 0.338 e. The molecule has 37 heavy (non-hydrogen) atoms. The molecule has 10 heteroatoms. The molecular formula is C27H26N2O7S. The van der Waals surface area contributed by atoms with Crippen molar-refractivity contribution in [2.75, 3.05) is 27.9 Å². The molecule has 0 bridgehead atoms. The normalized spacial score (nSPS) is 15.3. The van der Waals surface area contributed by atoms with Crippen LogP contribution in [0.25, 0.3) is 17.5 Å². The molecule has 1 aliphatic heterocycles. The van der Waals surface area contributed by atoms with Gasteiger partial charge in [-0.2, -0.15) is 0 Å². The van der Waals surface area contributed by atoms with Crippen LogP contribution < -0.4 is 30.0 Å². The number of hydrogen-bond acceptors (Lipinski definition) is 9. The Hall–Kier alpha value is -4.31. The van der Waals surface area contributed by atoms with Gasteiger partial charge in [-0.15, -0.1) is 11.3 Å². The largest absolute Gasteiger partial charge is 0.497 e. The van der Waals surface area contributed by atoms with Gasteiger partial charge in [0.1, 0.15) is 22.0 Å². The van der Waals surface area contributed by atoms with Crippen molar-refractivity contribution in [3.05, 3.63) is 84.8 Å². The second-order valence-electron chi connectivity index (χ2n) is 7.96. The highest BCUT2D eigenvalue weighted by Gasteiger charge is 2.39. The minimum Gasteiger partial charge on any atom is -0.497 e. The Kier molecular flexibility index (Phi) is 7.49. The molecule has 3 aromatic rings. The maximum atomic E-state index is 13.5. The number of esters is 2. The Balaban J connectivity index is 2.07. The molecule has 1 aliphatic rings. The number of rotatable bonds is 7. The SMILES string of the molecule is CCOC(=O)C1=c2s/c(=C\c3ccc(OC)cc3)c(=O)n2C(N)=C(C(=O)OC)[C@@H]1c1ccc(OC)cc1. The van der Waals surface area contributed by atoms with E-state index in [1.165, 1.54) is 18.8 Å². The predicted octanol–water partition coefficient (Wildman–Crippen LogP) is 1.57. The van der Waals surface area contributed by atoms with Crippen LogP contribution in [0.3, 0.4) is 0 Å². The van der Waals surface area contributed by atoms with Crippen LogP contribution in [0.1, 0.15) is 24.0 Å². The monoisotopic (exact) mass is 522 g/mol. The molecule has 9 nitrogen and oxygen atoms in total. The minimum atomic E-state index is -0.927. The van der Waals surface area contributed by atoms with Crippen LogP contribution in [0.4, 0.5) is 0 Å². The number of carbonyl (C=O) groups is 2. The molecule has 0 unspecified atom stereocenters. The van der Waals surface area contributed by atoms with Crippen molar-refractivity contribution >= 4 is 40.7 Å². The first-order chi connectivity index (χ1) is 17.8. The molecule has 1 atom stereocenters. The molecule has 1 aromatic heterocycles. The Morgan fingerprint density at radius 3 is 2.08 bits per heavy atom. The van der Waals surface area contributed by atoms with Gasteiger partial charge in [0.25, 0.3) is 5.56 Å². The van der Waals surface area contributed by atoms with Gasteiger partial charge in [0.2, 0.25) is 0 Å². The summed E-state index contributed by atoms with van der Waals surface area (Å²) >= 11 is 1.10. The minimum absolute atomic E-state index is 0.0286. The Morgan fingerprint density at radius 2 is 1.54 bits per heavy atom. The zero-order valence-corrected chi connectivity index (χ0v) is 21.6. The van der Waals surface area contributed by atoms with E-state index in [0.29, 0.717) is 21.6 Å². The first-order valence-electron chi connectivity index (χ1n) is 11.4. The molecule has 0 fully saturated rings. The van der Waals surface area contributed by atoms with E-state index in [2.05, 4.69) is 0 Å². The summed E-state index contributed by atoms with van der Waals surface area (Å²) in [7, 11) is 4.32. The average molecular weight is 523 g/mol. The molecule has 0 amide bonds. The molecule has 0 saturated carbocycles. The summed E-state index contributed by atoms with van der Waals surface area (Å²) in [6.07, 6.45) is 1.69. The number of fused-ring (bicyclic) bond motifs is 1.